The monoisotopic (exact) mass is 341 g/mol. The summed E-state index contributed by atoms with van der Waals surface area (Å²) in [6, 6.07) is 4.62. The smallest absolute Gasteiger partial charge is 0.270 e. The zero-order chi connectivity index (χ0) is 17.2. The average molecular weight is 341 g/mol. The number of aromatic nitrogens is 1. The minimum absolute atomic E-state index is 0.0632. The number of carbonyl (C=O) groups is 1. The molecule has 0 saturated heterocycles. The van der Waals surface area contributed by atoms with Gasteiger partial charge in [-0.2, -0.15) is 0 Å². The molecule has 6 nitrogen and oxygen atoms in total. The number of primary sulfonamides is 1. The molecule has 2 rings (SSSR count). The van der Waals surface area contributed by atoms with Gasteiger partial charge in [0, 0.05) is 17.8 Å². The van der Waals surface area contributed by atoms with Gasteiger partial charge in [0.25, 0.3) is 5.91 Å². The van der Waals surface area contributed by atoms with E-state index in [1.54, 1.807) is 0 Å². The van der Waals surface area contributed by atoms with E-state index >= 15 is 0 Å². The van der Waals surface area contributed by atoms with E-state index in [9.17, 15) is 22.0 Å². The van der Waals surface area contributed by atoms with Gasteiger partial charge in [0.1, 0.15) is 22.2 Å². The Balaban J connectivity index is 2.15. The lowest BCUT2D eigenvalue weighted by molar-refractivity contribution is 0.0934. The Morgan fingerprint density at radius 3 is 2.48 bits per heavy atom. The van der Waals surface area contributed by atoms with E-state index in [4.69, 9.17) is 5.14 Å². The number of hydrogen-bond donors (Lipinski definition) is 2. The molecule has 122 valence electrons. The van der Waals surface area contributed by atoms with Gasteiger partial charge in [0.15, 0.2) is 0 Å². The van der Waals surface area contributed by atoms with Gasteiger partial charge in [-0.3, -0.25) is 4.79 Å². The Morgan fingerprint density at radius 1 is 1.26 bits per heavy atom. The maximum Gasteiger partial charge on any atom is 0.270 e. The molecule has 1 atom stereocenters. The van der Waals surface area contributed by atoms with Crippen LogP contribution >= 0.6 is 0 Å². The van der Waals surface area contributed by atoms with Crippen LogP contribution in [0.5, 0.6) is 0 Å². The predicted octanol–water partition coefficient (Wildman–Crippen LogP) is 1.50. The van der Waals surface area contributed by atoms with Gasteiger partial charge in [-0.15, -0.1) is 0 Å². The quantitative estimate of drug-likeness (QED) is 0.879. The minimum atomic E-state index is -3.90. The highest BCUT2D eigenvalue weighted by Gasteiger charge is 2.17. The van der Waals surface area contributed by atoms with Crippen molar-refractivity contribution in [1.82, 2.24) is 10.3 Å². The number of carbonyl (C=O) groups excluding carboxylic acids is 1. The zero-order valence-electron chi connectivity index (χ0n) is 12.0. The summed E-state index contributed by atoms with van der Waals surface area (Å²) in [6.45, 7) is 1.52. The largest absolute Gasteiger partial charge is 0.344 e. The molecule has 0 aliphatic carbocycles. The second-order valence-corrected chi connectivity index (χ2v) is 6.35. The normalized spacial score (nSPS) is 12.7. The molecule has 2 aromatic rings. The number of amides is 1. The first-order valence-corrected chi connectivity index (χ1v) is 7.98. The van der Waals surface area contributed by atoms with Gasteiger partial charge in [0.2, 0.25) is 10.0 Å². The van der Waals surface area contributed by atoms with Crippen molar-refractivity contribution in [3.05, 3.63) is 59.4 Å². The Bertz CT molecular complexity index is 839. The molecular formula is C14H13F2N3O3S. The van der Waals surface area contributed by atoms with E-state index in [1.807, 2.05) is 0 Å². The summed E-state index contributed by atoms with van der Waals surface area (Å²) in [5, 5.41) is 7.41. The van der Waals surface area contributed by atoms with Crippen LogP contribution in [0, 0.1) is 11.6 Å². The van der Waals surface area contributed by atoms with Gasteiger partial charge in [0.05, 0.1) is 6.04 Å². The number of pyridine rings is 1. The van der Waals surface area contributed by atoms with Crippen LogP contribution in [0.1, 0.15) is 29.0 Å². The van der Waals surface area contributed by atoms with Crippen molar-refractivity contribution < 1.29 is 22.0 Å². The molecule has 0 aliphatic rings. The molecule has 23 heavy (non-hydrogen) atoms. The molecular weight excluding hydrogens is 328 g/mol. The van der Waals surface area contributed by atoms with Crippen molar-refractivity contribution in [1.29, 1.82) is 0 Å². The Labute approximate surface area is 131 Å². The van der Waals surface area contributed by atoms with E-state index in [0.29, 0.717) is 0 Å². The number of rotatable bonds is 4. The number of sulfonamides is 1. The lowest BCUT2D eigenvalue weighted by atomic mass is 10.1. The van der Waals surface area contributed by atoms with Crippen LogP contribution in [-0.2, 0) is 10.0 Å². The minimum Gasteiger partial charge on any atom is -0.344 e. The van der Waals surface area contributed by atoms with Crippen LogP contribution in [0.2, 0.25) is 0 Å². The summed E-state index contributed by atoms with van der Waals surface area (Å²) in [5.41, 5.74) is 0.0488. The molecule has 0 radical (unpaired) electrons. The molecule has 0 aliphatic heterocycles. The SMILES string of the molecule is CC(NC(=O)c1ccc(S(N)(=O)=O)cn1)c1ccc(F)cc1F. The highest BCUT2D eigenvalue weighted by atomic mass is 32.2. The molecule has 1 heterocycles. The summed E-state index contributed by atoms with van der Waals surface area (Å²) >= 11 is 0. The van der Waals surface area contributed by atoms with Crippen molar-refractivity contribution in [2.24, 2.45) is 5.14 Å². The number of halogens is 2. The molecule has 1 aromatic carbocycles. The molecule has 0 spiro atoms. The van der Waals surface area contributed by atoms with E-state index < -0.39 is 33.6 Å². The van der Waals surface area contributed by atoms with Crippen LogP contribution in [0.3, 0.4) is 0 Å². The number of hydrogen-bond acceptors (Lipinski definition) is 4. The molecule has 0 fully saturated rings. The maximum atomic E-state index is 13.7. The van der Waals surface area contributed by atoms with Gasteiger partial charge < -0.3 is 5.32 Å². The fraction of sp³-hybridized carbons (Fsp3) is 0.143. The van der Waals surface area contributed by atoms with Crippen molar-refractivity contribution in [2.45, 2.75) is 17.9 Å². The van der Waals surface area contributed by atoms with Crippen LogP contribution in [-0.4, -0.2) is 19.3 Å². The number of nitrogens with zero attached hydrogens (tertiary/aromatic N) is 1. The summed E-state index contributed by atoms with van der Waals surface area (Å²) in [6.07, 6.45) is 0.952. The van der Waals surface area contributed by atoms with Crippen LogP contribution in [0.15, 0.2) is 41.4 Å². The second kappa shape index (κ2) is 6.39. The van der Waals surface area contributed by atoms with E-state index in [0.717, 1.165) is 24.4 Å². The van der Waals surface area contributed by atoms with Gasteiger partial charge in [-0.05, 0) is 25.1 Å². The third-order valence-corrected chi connectivity index (χ3v) is 3.97. The number of benzene rings is 1. The third kappa shape index (κ3) is 4.08. The predicted molar refractivity (Wildman–Crippen MR) is 77.8 cm³/mol. The maximum absolute atomic E-state index is 13.7. The van der Waals surface area contributed by atoms with Gasteiger partial charge >= 0.3 is 0 Å². The molecule has 0 bridgehead atoms. The first-order chi connectivity index (χ1) is 10.7. The summed E-state index contributed by atoms with van der Waals surface area (Å²) in [4.78, 5) is 15.5. The van der Waals surface area contributed by atoms with Crippen LogP contribution in [0.25, 0.3) is 0 Å². The molecule has 1 aromatic heterocycles. The first-order valence-electron chi connectivity index (χ1n) is 6.43. The Kier molecular flexibility index (Phi) is 4.71. The Morgan fingerprint density at radius 2 is 1.96 bits per heavy atom. The molecule has 1 unspecified atom stereocenters. The lowest BCUT2D eigenvalue weighted by Gasteiger charge is -2.15. The van der Waals surface area contributed by atoms with Crippen molar-refractivity contribution >= 4 is 15.9 Å². The lowest BCUT2D eigenvalue weighted by Crippen LogP contribution is -2.28. The fourth-order valence-electron chi connectivity index (χ4n) is 1.88. The highest BCUT2D eigenvalue weighted by molar-refractivity contribution is 7.89. The van der Waals surface area contributed by atoms with Crippen molar-refractivity contribution in [3.8, 4) is 0 Å². The topological polar surface area (TPSA) is 102 Å². The fourth-order valence-corrected chi connectivity index (χ4v) is 2.34. The summed E-state index contributed by atoms with van der Waals surface area (Å²) < 4.78 is 48.7. The van der Waals surface area contributed by atoms with E-state index in [1.165, 1.54) is 19.1 Å². The summed E-state index contributed by atoms with van der Waals surface area (Å²) in [7, 11) is -3.90. The second-order valence-electron chi connectivity index (χ2n) is 4.79. The molecule has 9 heteroatoms. The standard InChI is InChI=1S/C14H13F2N3O3S/c1-8(11-4-2-9(15)6-12(11)16)19-14(20)13-5-3-10(7-18-13)23(17,21)22/h2-8H,1H3,(H,19,20)(H2,17,21,22). The third-order valence-electron chi connectivity index (χ3n) is 3.07. The zero-order valence-corrected chi connectivity index (χ0v) is 12.8. The van der Waals surface area contributed by atoms with Crippen LogP contribution in [0.4, 0.5) is 8.78 Å². The number of nitrogens with two attached hydrogens (primary N) is 1. The van der Waals surface area contributed by atoms with Gasteiger partial charge in [-0.25, -0.2) is 27.3 Å². The molecule has 3 N–H and O–H groups in total. The van der Waals surface area contributed by atoms with Crippen molar-refractivity contribution in [3.63, 3.8) is 0 Å². The van der Waals surface area contributed by atoms with Crippen molar-refractivity contribution in [2.75, 3.05) is 0 Å². The number of nitrogens with one attached hydrogen (secondary N) is 1. The molecule has 1 amide bonds. The Hall–Kier alpha value is -2.39. The van der Waals surface area contributed by atoms with E-state index in [-0.39, 0.29) is 16.2 Å². The van der Waals surface area contributed by atoms with Crippen LogP contribution < -0.4 is 10.5 Å². The average Bonchev–Trinajstić information content (AvgIpc) is 2.46. The summed E-state index contributed by atoms with van der Waals surface area (Å²) in [5.74, 6) is -2.14. The van der Waals surface area contributed by atoms with E-state index in [2.05, 4.69) is 10.3 Å². The first kappa shape index (κ1) is 17.0. The molecule has 0 saturated carbocycles. The highest BCUT2D eigenvalue weighted by Crippen LogP contribution is 2.18. The van der Waals surface area contributed by atoms with Gasteiger partial charge in [-0.1, -0.05) is 6.07 Å².